The predicted octanol–water partition coefficient (Wildman–Crippen LogP) is 4.13. The first-order valence-corrected chi connectivity index (χ1v) is 10.0. The largest absolute Gasteiger partial charge is 0.352 e. The van der Waals surface area contributed by atoms with Gasteiger partial charge in [0.05, 0.1) is 21.8 Å². The van der Waals surface area contributed by atoms with Gasteiger partial charge >= 0.3 is 0 Å². The zero-order valence-electron chi connectivity index (χ0n) is 15.6. The van der Waals surface area contributed by atoms with Crippen molar-refractivity contribution in [2.45, 2.75) is 24.3 Å². The number of hydrogen-bond acceptors (Lipinski definition) is 4. The van der Waals surface area contributed by atoms with Crippen LogP contribution in [0.5, 0.6) is 0 Å². The molecule has 1 aromatic heterocycles. The number of aromatic nitrogens is 2. The average Bonchev–Trinajstić information content (AvgIpc) is 2.67. The number of amides is 1. The van der Waals surface area contributed by atoms with Gasteiger partial charge in [-0.1, -0.05) is 47.6 Å². The fraction of sp³-hybridized carbons (Fsp3) is 0.190. The molecule has 0 aliphatic heterocycles. The van der Waals surface area contributed by atoms with E-state index in [2.05, 4.69) is 16.9 Å². The lowest BCUT2D eigenvalue weighted by Crippen LogP contribution is -2.32. The summed E-state index contributed by atoms with van der Waals surface area (Å²) in [4.78, 5) is 30.3. The minimum Gasteiger partial charge on any atom is -0.352 e. The molecule has 28 heavy (non-hydrogen) atoms. The Bertz CT molecular complexity index is 1110. The highest BCUT2D eigenvalue weighted by Crippen LogP contribution is 2.27. The molecule has 0 bridgehead atoms. The van der Waals surface area contributed by atoms with Crippen LogP contribution in [0.25, 0.3) is 16.6 Å². The maximum atomic E-state index is 13.3. The van der Waals surface area contributed by atoms with Crippen LogP contribution in [0, 0.1) is 6.92 Å². The van der Waals surface area contributed by atoms with Crippen molar-refractivity contribution in [2.24, 2.45) is 0 Å². The summed E-state index contributed by atoms with van der Waals surface area (Å²) in [5.41, 5.74) is 1.98. The van der Waals surface area contributed by atoms with Crippen LogP contribution in [0.4, 0.5) is 0 Å². The second-order valence-corrected chi connectivity index (χ2v) is 8.02. The fourth-order valence-corrected chi connectivity index (χ4v) is 3.88. The smallest absolute Gasteiger partial charge is 0.266 e. The summed E-state index contributed by atoms with van der Waals surface area (Å²) in [7, 11) is 0. The van der Waals surface area contributed by atoms with Gasteiger partial charge in [0, 0.05) is 11.6 Å². The highest BCUT2D eigenvalue weighted by molar-refractivity contribution is 8.00. The molecule has 1 amide bonds. The molecule has 1 atom stereocenters. The summed E-state index contributed by atoms with van der Waals surface area (Å²) >= 11 is 7.32. The van der Waals surface area contributed by atoms with Gasteiger partial charge in [-0.3, -0.25) is 14.2 Å². The lowest BCUT2D eigenvalue weighted by atomic mass is 10.2. The fourth-order valence-electron chi connectivity index (χ4n) is 2.77. The van der Waals surface area contributed by atoms with E-state index in [0.717, 1.165) is 11.3 Å². The van der Waals surface area contributed by atoms with Gasteiger partial charge in [-0.15, -0.1) is 6.58 Å². The average molecular weight is 414 g/mol. The van der Waals surface area contributed by atoms with Crippen LogP contribution in [-0.2, 0) is 4.79 Å². The molecule has 0 unspecified atom stereocenters. The minimum absolute atomic E-state index is 0.151. The molecule has 7 heteroatoms. The third kappa shape index (κ3) is 4.13. The van der Waals surface area contributed by atoms with Crippen molar-refractivity contribution in [3.63, 3.8) is 0 Å². The Morgan fingerprint density at radius 1 is 1.36 bits per heavy atom. The number of hydrogen-bond donors (Lipinski definition) is 1. The molecule has 2 aromatic carbocycles. The number of nitrogens with one attached hydrogen (secondary N) is 1. The quantitative estimate of drug-likeness (QED) is 0.375. The summed E-state index contributed by atoms with van der Waals surface area (Å²) in [5.74, 6) is -0.151. The van der Waals surface area contributed by atoms with E-state index >= 15 is 0 Å². The molecule has 0 saturated carbocycles. The second kappa shape index (κ2) is 8.63. The first-order chi connectivity index (χ1) is 13.4. The van der Waals surface area contributed by atoms with Crippen LogP contribution in [0.1, 0.15) is 12.5 Å². The zero-order valence-corrected chi connectivity index (χ0v) is 17.2. The molecule has 144 valence electrons. The summed E-state index contributed by atoms with van der Waals surface area (Å²) in [6.45, 7) is 7.70. The first kappa shape index (κ1) is 20.2. The van der Waals surface area contributed by atoms with Crippen LogP contribution in [0.3, 0.4) is 0 Å². The molecule has 0 radical (unpaired) electrons. The van der Waals surface area contributed by atoms with Gasteiger partial charge in [0.1, 0.15) is 0 Å². The van der Waals surface area contributed by atoms with Crippen LogP contribution >= 0.6 is 23.4 Å². The number of aryl methyl sites for hydroxylation is 1. The first-order valence-electron chi connectivity index (χ1n) is 8.76. The Kier molecular flexibility index (Phi) is 6.21. The van der Waals surface area contributed by atoms with E-state index in [1.807, 2.05) is 31.2 Å². The highest BCUT2D eigenvalue weighted by Gasteiger charge is 2.20. The maximum absolute atomic E-state index is 13.3. The maximum Gasteiger partial charge on any atom is 0.266 e. The van der Waals surface area contributed by atoms with E-state index in [1.165, 1.54) is 11.8 Å². The molecule has 0 fully saturated rings. The standard InChI is InChI=1S/C21H20ClN3O2S/c1-4-11-23-19(26)14(3)28-21-24-17-12-15(22)9-10-16(17)20(27)25(21)18-8-6-5-7-13(18)2/h4-10,12,14H,1,11H2,2-3H3,(H,23,26)/t14-/m1/s1. The highest BCUT2D eigenvalue weighted by atomic mass is 35.5. The summed E-state index contributed by atoms with van der Waals surface area (Å²) < 4.78 is 1.56. The van der Waals surface area contributed by atoms with Gasteiger partial charge in [0.2, 0.25) is 5.91 Å². The Hall–Kier alpha value is -2.57. The molecular formula is C21H20ClN3O2S. The van der Waals surface area contributed by atoms with Crippen LogP contribution in [0.15, 0.2) is 65.1 Å². The molecule has 3 rings (SSSR count). The zero-order chi connectivity index (χ0) is 20.3. The summed E-state index contributed by atoms with van der Waals surface area (Å²) in [5, 5.41) is 3.74. The molecule has 5 nitrogen and oxygen atoms in total. The number of para-hydroxylation sites is 1. The van der Waals surface area contributed by atoms with E-state index in [-0.39, 0.29) is 11.5 Å². The Balaban J connectivity index is 2.17. The second-order valence-electron chi connectivity index (χ2n) is 6.28. The molecule has 0 saturated heterocycles. The normalized spacial score (nSPS) is 12.0. The monoisotopic (exact) mass is 413 g/mol. The van der Waals surface area contributed by atoms with Gasteiger partial charge in [-0.25, -0.2) is 4.98 Å². The van der Waals surface area contributed by atoms with Gasteiger partial charge in [0.15, 0.2) is 5.16 Å². The van der Waals surface area contributed by atoms with Crippen LogP contribution < -0.4 is 10.9 Å². The van der Waals surface area contributed by atoms with Crippen molar-refractivity contribution in [3.05, 3.63) is 76.1 Å². The predicted molar refractivity (Wildman–Crippen MR) is 116 cm³/mol. The van der Waals surface area contributed by atoms with Gasteiger partial charge in [-0.05, 0) is 43.7 Å². The summed E-state index contributed by atoms with van der Waals surface area (Å²) in [6, 6.07) is 12.6. The van der Waals surface area contributed by atoms with Crippen LogP contribution in [0.2, 0.25) is 5.02 Å². The number of rotatable bonds is 6. The van der Waals surface area contributed by atoms with E-state index in [9.17, 15) is 9.59 Å². The van der Waals surface area contributed by atoms with E-state index < -0.39 is 5.25 Å². The molecule has 0 aliphatic carbocycles. The number of nitrogens with zero attached hydrogens (tertiary/aromatic N) is 2. The van der Waals surface area contributed by atoms with Crippen molar-refractivity contribution in [2.75, 3.05) is 6.54 Å². The number of carbonyl (C=O) groups excluding carboxylic acids is 1. The molecular weight excluding hydrogens is 394 g/mol. The molecule has 0 aliphatic rings. The van der Waals surface area contributed by atoms with Gasteiger partial charge < -0.3 is 5.32 Å². The van der Waals surface area contributed by atoms with Crippen molar-refractivity contribution in [1.29, 1.82) is 0 Å². The van der Waals surface area contributed by atoms with E-state index in [4.69, 9.17) is 11.6 Å². The van der Waals surface area contributed by atoms with Crippen LogP contribution in [-0.4, -0.2) is 27.3 Å². The number of fused-ring (bicyclic) bond motifs is 1. The summed E-state index contributed by atoms with van der Waals surface area (Å²) in [6.07, 6.45) is 1.62. The lowest BCUT2D eigenvalue weighted by Gasteiger charge is -2.17. The number of thioether (sulfide) groups is 1. The van der Waals surface area contributed by atoms with Crippen molar-refractivity contribution >= 4 is 40.2 Å². The SMILES string of the molecule is C=CCNC(=O)[C@@H](C)Sc1nc2cc(Cl)ccc2c(=O)n1-c1ccccc1C. The Morgan fingerprint density at radius 3 is 2.82 bits per heavy atom. The number of benzene rings is 2. The van der Waals surface area contributed by atoms with E-state index in [0.29, 0.717) is 27.6 Å². The molecule has 3 aromatic rings. The molecule has 1 heterocycles. The topological polar surface area (TPSA) is 64.0 Å². The molecule has 1 N–H and O–H groups in total. The number of halogens is 1. The van der Waals surface area contributed by atoms with E-state index in [1.54, 1.807) is 35.8 Å². The molecule has 0 spiro atoms. The van der Waals surface area contributed by atoms with Crippen molar-refractivity contribution < 1.29 is 4.79 Å². The van der Waals surface area contributed by atoms with Gasteiger partial charge in [-0.2, -0.15) is 0 Å². The third-order valence-electron chi connectivity index (χ3n) is 4.23. The lowest BCUT2D eigenvalue weighted by molar-refractivity contribution is -0.120. The van der Waals surface area contributed by atoms with Crippen molar-refractivity contribution in [1.82, 2.24) is 14.9 Å². The number of carbonyl (C=O) groups is 1. The third-order valence-corrected chi connectivity index (χ3v) is 5.52. The minimum atomic E-state index is -0.446. The van der Waals surface area contributed by atoms with Gasteiger partial charge in [0.25, 0.3) is 5.56 Å². The van der Waals surface area contributed by atoms with Crippen molar-refractivity contribution in [3.8, 4) is 5.69 Å². The Morgan fingerprint density at radius 2 is 2.11 bits per heavy atom. The Labute approximate surface area is 172 Å².